The highest BCUT2D eigenvalue weighted by molar-refractivity contribution is 5.39. The molecule has 0 radical (unpaired) electrons. The first-order valence-electron chi connectivity index (χ1n) is 6.61. The smallest absolute Gasteiger partial charge is 0.253 e. The van der Waals surface area contributed by atoms with Gasteiger partial charge in [0.05, 0.1) is 0 Å². The minimum absolute atomic E-state index is 0.0700. The maximum atomic E-state index is 12.1. The van der Waals surface area contributed by atoms with E-state index in [0.29, 0.717) is 17.6 Å². The minimum atomic E-state index is 0.0700. The average molecular weight is 234 g/mol. The summed E-state index contributed by atoms with van der Waals surface area (Å²) in [7, 11) is 0. The molecule has 1 heterocycles. The van der Waals surface area contributed by atoms with E-state index in [-0.39, 0.29) is 5.56 Å². The SMILES string of the molecule is CC(C)c1cc(N)cc(=O)n1C1CCCCC1. The van der Waals surface area contributed by atoms with Gasteiger partial charge in [-0.3, -0.25) is 4.79 Å². The van der Waals surface area contributed by atoms with Crippen molar-refractivity contribution in [1.82, 2.24) is 4.57 Å². The van der Waals surface area contributed by atoms with Crippen molar-refractivity contribution in [3.8, 4) is 0 Å². The Hall–Kier alpha value is -1.25. The third-order valence-electron chi connectivity index (χ3n) is 3.65. The van der Waals surface area contributed by atoms with Crippen molar-refractivity contribution >= 4 is 5.69 Å². The maximum Gasteiger partial charge on any atom is 0.253 e. The molecule has 2 N–H and O–H groups in total. The monoisotopic (exact) mass is 234 g/mol. The molecule has 0 atom stereocenters. The predicted octanol–water partition coefficient (Wildman–Crippen LogP) is 3.06. The third-order valence-corrected chi connectivity index (χ3v) is 3.65. The molecule has 0 aromatic carbocycles. The topological polar surface area (TPSA) is 48.0 Å². The molecule has 94 valence electrons. The highest BCUT2D eigenvalue weighted by Crippen LogP contribution is 2.30. The van der Waals surface area contributed by atoms with E-state index in [4.69, 9.17) is 5.73 Å². The third kappa shape index (κ3) is 2.54. The molecule has 0 bridgehead atoms. The Morgan fingerprint density at radius 2 is 1.88 bits per heavy atom. The van der Waals surface area contributed by atoms with Crippen LogP contribution in [0.2, 0.25) is 0 Å². The standard InChI is InChI=1S/C14H22N2O/c1-10(2)13-8-11(15)9-14(17)16(13)12-6-4-3-5-7-12/h8-10,12H,3-7,15H2,1-2H3. The second-order valence-corrected chi connectivity index (χ2v) is 5.37. The predicted molar refractivity (Wildman–Crippen MR) is 71.3 cm³/mol. The van der Waals surface area contributed by atoms with Crippen molar-refractivity contribution in [2.45, 2.75) is 57.9 Å². The van der Waals surface area contributed by atoms with Gasteiger partial charge in [0.15, 0.2) is 0 Å². The molecule has 0 unspecified atom stereocenters. The fraction of sp³-hybridized carbons (Fsp3) is 0.643. The fourth-order valence-corrected chi connectivity index (χ4v) is 2.80. The number of rotatable bonds is 2. The summed E-state index contributed by atoms with van der Waals surface area (Å²) >= 11 is 0. The van der Waals surface area contributed by atoms with Gasteiger partial charge in [0, 0.05) is 23.5 Å². The average Bonchev–Trinajstić information content (AvgIpc) is 2.29. The van der Waals surface area contributed by atoms with E-state index in [1.807, 2.05) is 10.6 Å². The molecule has 1 saturated carbocycles. The summed E-state index contributed by atoms with van der Waals surface area (Å²) in [5.41, 5.74) is 7.53. The minimum Gasteiger partial charge on any atom is -0.399 e. The summed E-state index contributed by atoms with van der Waals surface area (Å²) in [6.45, 7) is 4.24. The lowest BCUT2D eigenvalue weighted by Crippen LogP contribution is -2.29. The first-order valence-corrected chi connectivity index (χ1v) is 6.61. The Balaban J connectivity index is 2.46. The Bertz CT molecular complexity index is 442. The Labute approximate surface area is 103 Å². The maximum absolute atomic E-state index is 12.1. The molecule has 0 aliphatic heterocycles. The zero-order valence-corrected chi connectivity index (χ0v) is 10.8. The van der Waals surface area contributed by atoms with Crippen molar-refractivity contribution in [1.29, 1.82) is 0 Å². The van der Waals surface area contributed by atoms with Crippen LogP contribution in [-0.4, -0.2) is 4.57 Å². The van der Waals surface area contributed by atoms with Gasteiger partial charge in [-0.2, -0.15) is 0 Å². The van der Waals surface area contributed by atoms with Crippen LogP contribution in [0.3, 0.4) is 0 Å². The molecule has 0 amide bonds. The normalized spacial score (nSPS) is 17.6. The van der Waals surface area contributed by atoms with E-state index in [1.165, 1.54) is 19.3 Å². The van der Waals surface area contributed by atoms with Gasteiger partial charge in [0.1, 0.15) is 0 Å². The number of hydrogen-bond donors (Lipinski definition) is 1. The van der Waals surface area contributed by atoms with Crippen LogP contribution in [0.15, 0.2) is 16.9 Å². The van der Waals surface area contributed by atoms with E-state index >= 15 is 0 Å². The Kier molecular flexibility index (Phi) is 3.55. The number of nitrogens with zero attached hydrogens (tertiary/aromatic N) is 1. The van der Waals surface area contributed by atoms with E-state index in [1.54, 1.807) is 6.07 Å². The summed E-state index contributed by atoms with van der Waals surface area (Å²) in [6.07, 6.45) is 6.03. The van der Waals surface area contributed by atoms with Gasteiger partial charge in [0.25, 0.3) is 5.56 Å². The van der Waals surface area contributed by atoms with Gasteiger partial charge in [-0.05, 0) is 24.8 Å². The summed E-state index contributed by atoms with van der Waals surface area (Å²) in [4.78, 5) is 12.1. The van der Waals surface area contributed by atoms with Crippen LogP contribution in [0, 0.1) is 0 Å². The molecule has 1 aliphatic carbocycles. The molecule has 0 spiro atoms. The molecular weight excluding hydrogens is 212 g/mol. The van der Waals surface area contributed by atoms with Gasteiger partial charge < -0.3 is 10.3 Å². The van der Waals surface area contributed by atoms with Crippen LogP contribution in [0.1, 0.15) is 63.6 Å². The highest BCUT2D eigenvalue weighted by Gasteiger charge is 2.20. The number of hydrogen-bond acceptors (Lipinski definition) is 2. The van der Waals surface area contributed by atoms with Crippen LogP contribution < -0.4 is 11.3 Å². The molecule has 2 rings (SSSR count). The van der Waals surface area contributed by atoms with Crippen molar-refractivity contribution < 1.29 is 0 Å². The lowest BCUT2D eigenvalue weighted by molar-refractivity contribution is 0.336. The lowest BCUT2D eigenvalue weighted by atomic mass is 9.94. The molecule has 1 aromatic heterocycles. The number of pyridine rings is 1. The van der Waals surface area contributed by atoms with E-state index in [2.05, 4.69) is 13.8 Å². The van der Waals surface area contributed by atoms with Gasteiger partial charge in [-0.15, -0.1) is 0 Å². The van der Waals surface area contributed by atoms with Crippen molar-refractivity contribution in [3.63, 3.8) is 0 Å². The van der Waals surface area contributed by atoms with E-state index in [0.717, 1.165) is 18.5 Å². The Morgan fingerprint density at radius 1 is 1.24 bits per heavy atom. The van der Waals surface area contributed by atoms with Crippen LogP contribution >= 0.6 is 0 Å². The zero-order valence-electron chi connectivity index (χ0n) is 10.8. The highest BCUT2D eigenvalue weighted by atomic mass is 16.1. The molecule has 0 saturated heterocycles. The second-order valence-electron chi connectivity index (χ2n) is 5.37. The van der Waals surface area contributed by atoms with Crippen LogP contribution in [-0.2, 0) is 0 Å². The molecule has 1 aromatic rings. The molecule has 3 nitrogen and oxygen atoms in total. The van der Waals surface area contributed by atoms with Gasteiger partial charge >= 0.3 is 0 Å². The lowest BCUT2D eigenvalue weighted by Gasteiger charge is -2.28. The molecule has 1 fully saturated rings. The van der Waals surface area contributed by atoms with Crippen molar-refractivity contribution in [3.05, 3.63) is 28.2 Å². The molecule has 17 heavy (non-hydrogen) atoms. The van der Waals surface area contributed by atoms with E-state index < -0.39 is 0 Å². The van der Waals surface area contributed by atoms with Crippen LogP contribution in [0.4, 0.5) is 5.69 Å². The molecule has 3 heteroatoms. The summed E-state index contributed by atoms with van der Waals surface area (Å²) < 4.78 is 1.99. The van der Waals surface area contributed by atoms with Crippen LogP contribution in [0.25, 0.3) is 0 Å². The van der Waals surface area contributed by atoms with Crippen molar-refractivity contribution in [2.75, 3.05) is 5.73 Å². The van der Waals surface area contributed by atoms with E-state index in [9.17, 15) is 4.79 Å². The van der Waals surface area contributed by atoms with Crippen molar-refractivity contribution in [2.24, 2.45) is 0 Å². The first kappa shape index (κ1) is 12.2. The zero-order chi connectivity index (χ0) is 12.4. The van der Waals surface area contributed by atoms with Gasteiger partial charge in [0.2, 0.25) is 0 Å². The molecular formula is C14H22N2O. The quantitative estimate of drug-likeness (QED) is 0.855. The van der Waals surface area contributed by atoms with Gasteiger partial charge in [-0.1, -0.05) is 33.1 Å². The number of nitrogen functional groups attached to an aromatic ring is 1. The van der Waals surface area contributed by atoms with Crippen LogP contribution in [0.5, 0.6) is 0 Å². The second kappa shape index (κ2) is 4.94. The van der Waals surface area contributed by atoms with Gasteiger partial charge in [-0.25, -0.2) is 0 Å². The summed E-state index contributed by atoms with van der Waals surface area (Å²) in [5, 5.41) is 0. The summed E-state index contributed by atoms with van der Waals surface area (Å²) in [5.74, 6) is 0.341. The summed E-state index contributed by atoms with van der Waals surface area (Å²) in [6, 6.07) is 3.90. The fourth-order valence-electron chi connectivity index (χ4n) is 2.80. The number of nitrogens with two attached hydrogens (primary N) is 1. The number of aromatic nitrogens is 1. The Morgan fingerprint density at radius 3 is 2.47 bits per heavy atom. The molecule has 1 aliphatic rings. The largest absolute Gasteiger partial charge is 0.399 e. The first-order chi connectivity index (χ1) is 8.09. The number of anilines is 1.